The summed E-state index contributed by atoms with van der Waals surface area (Å²) < 4.78 is 16.8. The highest BCUT2D eigenvalue weighted by Gasteiger charge is 2.19. The van der Waals surface area contributed by atoms with E-state index in [1.807, 2.05) is 0 Å². The summed E-state index contributed by atoms with van der Waals surface area (Å²) in [6.07, 6.45) is 75.4. The van der Waals surface area contributed by atoms with Crippen LogP contribution < -0.4 is 0 Å². The van der Waals surface area contributed by atoms with E-state index in [-0.39, 0.29) is 37.5 Å². The number of rotatable bonds is 51. The first-order valence-corrected chi connectivity index (χ1v) is 28.7. The molecule has 0 radical (unpaired) electrons. The predicted molar refractivity (Wildman–Crippen MR) is 297 cm³/mol. The normalized spacial score (nSPS) is 12.8. The first-order valence-electron chi connectivity index (χ1n) is 28.7. The summed E-state index contributed by atoms with van der Waals surface area (Å²) in [7, 11) is 0. The second kappa shape index (κ2) is 56.9. The third-order valence-electron chi connectivity index (χ3n) is 12.1. The lowest BCUT2D eigenvalue weighted by atomic mass is 10.0. The summed E-state index contributed by atoms with van der Waals surface area (Å²) >= 11 is 0. The van der Waals surface area contributed by atoms with E-state index in [0.29, 0.717) is 19.3 Å². The molecule has 0 saturated heterocycles. The Bertz CT molecular complexity index is 1380. The van der Waals surface area contributed by atoms with Gasteiger partial charge in [0.1, 0.15) is 13.2 Å². The molecule has 69 heavy (non-hydrogen) atoms. The van der Waals surface area contributed by atoms with Gasteiger partial charge in [-0.1, -0.05) is 246 Å². The lowest BCUT2D eigenvalue weighted by Crippen LogP contribution is -2.30. The summed E-state index contributed by atoms with van der Waals surface area (Å²) in [4.78, 5) is 38.1. The molecule has 0 N–H and O–H groups in total. The summed E-state index contributed by atoms with van der Waals surface area (Å²) in [5.74, 6) is -0.964. The fraction of sp³-hybridized carbons (Fsp3) is 0.698. The van der Waals surface area contributed by atoms with Crippen molar-refractivity contribution < 1.29 is 28.6 Å². The lowest BCUT2D eigenvalue weighted by Gasteiger charge is -2.18. The standard InChI is InChI=1S/C63H106O6/c1-4-7-10-13-16-19-22-25-28-29-30-31-32-33-34-35-36-39-41-44-47-50-53-56-62(65)68-59-60(69-63(66)57-54-51-48-45-42-38-27-24-21-18-15-12-9-6-3)58-67-61(64)55-52-49-46-43-40-37-26-23-20-17-14-11-8-5-2/h7,10,16,19,24-25,27-28,30-31,33-34,36,39,44,47,60H,4-6,8-9,11-15,17-18,20-23,26,29,32,35,37-38,40-43,45-46,48-59H2,1-3H3/b10-7-,19-16-,27-24-,28-25-,31-30-,34-33-,39-36-,47-44-. The third-order valence-corrected chi connectivity index (χ3v) is 12.1. The predicted octanol–water partition coefficient (Wildman–Crippen LogP) is 19.3. The van der Waals surface area contributed by atoms with Gasteiger partial charge in [-0.2, -0.15) is 0 Å². The topological polar surface area (TPSA) is 78.9 Å². The molecular formula is C63H106O6. The molecule has 0 fully saturated rings. The van der Waals surface area contributed by atoms with Crippen LogP contribution in [0.3, 0.4) is 0 Å². The van der Waals surface area contributed by atoms with Crippen molar-refractivity contribution in [1.29, 1.82) is 0 Å². The zero-order valence-corrected chi connectivity index (χ0v) is 45.0. The van der Waals surface area contributed by atoms with E-state index in [9.17, 15) is 14.4 Å². The zero-order chi connectivity index (χ0) is 50.0. The Labute approximate surface area is 426 Å². The van der Waals surface area contributed by atoms with Crippen molar-refractivity contribution in [2.24, 2.45) is 0 Å². The van der Waals surface area contributed by atoms with Gasteiger partial charge in [0, 0.05) is 19.3 Å². The van der Waals surface area contributed by atoms with Crippen LogP contribution in [0, 0.1) is 0 Å². The van der Waals surface area contributed by atoms with E-state index in [1.54, 1.807) is 0 Å². The highest BCUT2D eigenvalue weighted by atomic mass is 16.6. The SMILES string of the molecule is CC/C=C\C/C=C\C/C=C\C/C=C\C/C=C\C/C=C\C/C=C\CCCC(=O)OCC(COC(=O)CCCCCCCCCCCCCCCC)OC(=O)CCCCCCC/C=C\CCCCCCC. The van der Waals surface area contributed by atoms with Gasteiger partial charge in [0.05, 0.1) is 0 Å². The van der Waals surface area contributed by atoms with Crippen LogP contribution in [-0.2, 0) is 28.6 Å². The molecule has 0 aliphatic carbocycles. The summed E-state index contributed by atoms with van der Waals surface area (Å²) in [5.41, 5.74) is 0. The number of hydrogen-bond donors (Lipinski definition) is 0. The second-order valence-electron chi connectivity index (χ2n) is 18.8. The number of hydrogen-bond acceptors (Lipinski definition) is 6. The maximum Gasteiger partial charge on any atom is 0.306 e. The van der Waals surface area contributed by atoms with Gasteiger partial charge in [0.25, 0.3) is 0 Å². The van der Waals surface area contributed by atoms with Crippen molar-refractivity contribution in [3.05, 3.63) is 97.2 Å². The Morgan fingerprint density at radius 1 is 0.304 bits per heavy atom. The molecule has 1 unspecified atom stereocenters. The highest BCUT2D eigenvalue weighted by molar-refractivity contribution is 5.71. The molecular weight excluding hydrogens is 853 g/mol. The van der Waals surface area contributed by atoms with Crippen LogP contribution in [0.4, 0.5) is 0 Å². The van der Waals surface area contributed by atoms with Crippen LogP contribution in [0.2, 0.25) is 0 Å². The average Bonchev–Trinajstić information content (AvgIpc) is 3.35. The Kier molecular flexibility index (Phi) is 53.9. The van der Waals surface area contributed by atoms with Gasteiger partial charge in [-0.25, -0.2) is 0 Å². The summed E-state index contributed by atoms with van der Waals surface area (Å²) in [6.45, 7) is 6.47. The van der Waals surface area contributed by atoms with E-state index in [1.165, 1.54) is 116 Å². The van der Waals surface area contributed by atoms with Gasteiger partial charge in [-0.05, 0) is 96.3 Å². The minimum absolute atomic E-state index is 0.0972. The molecule has 0 heterocycles. The summed E-state index contributed by atoms with van der Waals surface area (Å²) in [5, 5.41) is 0. The van der Waals surface area contributed by atoms with E-state index in [4.69, 9.17) is 14.2 Å². The maximum absolute atomic E-state index is 12.8. The van der Waals surface area contributed by atoms with Crippen LogP contribution in [0.5, 0.6) is 0 Å². The number of carbonyl (C=O) groups excluding carboxylic acids is 3. The van der Waals surface area contributed by atoms with E-state index in [2.05, 4.69) is 118 Å². The molecule has 0 aromatic rings. The highest BCUT2D eigenvalue weighted by Crippen LogP contribution is 2.15. The fourth-order valence-electron chi connectivity index (χ4n) is 7.78. The van der Waals surface area contributed by atoms with Crippen LogP contribution in [0.15, 0.2) is 97.2 Å². The molecule has 0 spiro atoms. The number of esters is 3. The number of carbonyl (C=O) groups is 3. The molecule has 6 nitrogen and oxygen atoms in total. The molecule has 0 rings (SSSR count). The summed E-state index contributed by atoms with van der Waals surface area (Å²) in [6, 6.07) is 0. The largest absolute Gasteiger partial charge is 0.462 e. The van der Waals surface area contributed by atoms with Crippen molar-refractivity contribution in [2.75, 3.05) is 13.2 Å². The van der Waals surface area contributed by atoms with E-state index in [0.717, 1.165) is 103 Å². The smallest absolute Gasteiger partial charge is 0.306 e. The molecule has 394 valence electrons. The Morgan fingerprint density at radius 3 is 0.957 bits per heavy atom. The van der Waals surface area contributed by atoms with Crippen LogP contribution in [0.1, 0.15) is 265 Å². The van der Waals surface area contributed by atoms with Gasteiger partial charge >= 0.3 is 17.9 Å². The molecule has 0 aliphatic rings. The van der Waals surface area contributed by atoms with Gasteiger partial charge in [0.15, 0.2) is 6.10 Å². The van der Waals surface area contributed by atoms with Gasteiger partial charge < -0.3 is 14.2 Å². The number of allylic oxidation sites excluding steroid dienone is 16. The minimum atomic E-state index is -0.804. The Hall–Kier alpha value is -3.67. The molecule has 0 aromatic heterocycles. The van der Waals surface area contributed by atoms with Gasteiger partial charge in [-0.15, -0.1) is 0 Å². The van der Waals surface area contributed by atoms with Crippen molar-refractivity contribution in [3.8, 4) is 0 Å². The van der Waals surface area contributed by atoms with Crippen molar-refractivity contribution in [2.45, 2.75) is 271 Å². The van der Waals surface area contributed by atoms with Crippen LogP contribution in [-0.4, -0.2) is 37.2 Å². The van der Waals surface area contributed by atoms with Gasteiger partial charge in [-0.3, -0.25) is 14.4 Å². The van der Waals surface area contributed by atoms with Gasteiger partial charge in [0.2, 0.25) is 0 Å². The lowest BCUT2D eigenvalue weighted by molar-refractivity contribution is -0.167. The van der Waals surface area contributed by atoms with Crippen LogP contribution in [0.25, 0.3) is 0 Å². The molecule has 1 atom stereocenters. The monoisotopic (exact) mass is 959 g/mol. The van der Waals surface area contributed by atoms with E-state index >= 15 is 0 Å². The Balaban J connectivity index is 4.46. The zero-order valence-electron chi connectivity index (χ0n) is 45.0. The molecule has 6 heteroatoms. The molecule has 0 saturated carbocycles. The Morgan fingerprint density at radius 2 is 0.580 bits per heavy atom. The minimum Gasteiger partial charge on any atom is -0.462 e. The second-order valence-corrected chi connectivity index (χ2v) is 18.8. The first-order chi connectivity index (χ1) is 34.0. The van der Waals surface area contributed by atoms with Crippen molar-refractivity contribution in [1.82, 2.24) is 0 Å². The molecule has 0 aromatic carbocycles. The van der Waals surface area contributed by atoms with Crippen LogP contribution >= 0.6 is 0 Å². The van der Waals surface area contributed by atoms with Crippen molar-refractivity contribution in [3.63, 3.8) is 0 Å². The number of ether oxygens (including phenoxy) is 3. The van der Waals surface area contributed by atoms with Crippen molar-refractivity contribution >= 4 is 17.9 Å². The first kappa shape index (κ1) is 65.3. The third kappa shape index (κ3) is 55.1. The molecule has 0 aliphatic heterocycles. The van der Waals surface area contributed by atoms with E-state index < -0.39 is 6.10 Å². The molecule has 0 bridgehead atoms. The maximum atomic E-state index is 12.8. The number of unbranched alkanes of at least 4 members (excludes halogenated alkanes) is 24. The quantitative estimate of drug-likeness (QED) is 0.0262. The average molecular weight is 960 g/mol. The molecule has 0 amide bonds. The fourth-order valence-corrected chi connectivity index (χ4v) is 7.78.